The van der Waals surface area contributed by atoms with Crippen LogP contribution in [0.5, 0.6) is 5.75 Å². The molecule has 0 unspecified atom stereocenters. The Kier molecular flexibility index (Phi) is 5.62. The van der Waals surface area contributed by atoms with Crippen molar-refractivity contribution in [1.82, 2.24) is 24.5 Å². The van der Waals surface area contributed by atoms with Crippen molar-refractivity contribution in [2.75, 3.05) is 12.4 Å². The standard InChI is InChI=1S/C21H19BrN6O2/c1-14-3-8-19(30-2)18(11-14)28-10-9-17(25-28)20(29)24-21-23-13-27(26-21)12-15-4-6-16(22)7-5-15/h3-11,13H,12H2,1-2H3,(H,24,26,29). The number of anilines is 1. The lowest BCUT2D eigenvalue weighted by atomic mass is 10.2. The van der Waals surface area contributed by atoms with Crippen LogP contribution in [0.2, 0.25) is 0 Å². The fraction of sp³-hybridized carbons (Fsp3) is 0.143. The molecule has 0 fully saturated rings. The third-order valence-electron chi connectivity index (χ3n) is 4.42. The van der Waals surface area contributed by atoms with Gasteiger partial charge in [0, 0.05) is 10.7 Å². The van der Waals surface area contributed by atoms with Gasteiger partial charge in [0.2, 0.25) is 5.95 Å². The number of benzene rings is 2. The quantitative estimate of drug-likeness (QED) is 0.466. The molecule has 0 radical (unpaired) electrons. The van der Waals surface area contributed by atoms with E-state index in [9.17, 15) is 4.79 Å². The number of hydrogen-bond acceptors (Lipinski definition) is 5. The van der Waals surface area contributed by atoms with E-state index in [2.05, 4.69) is 36.4 Å². The van der Waals surface area contributed by atoms with E-state index in [0.29, 0.717) is 12.3 Å². The molecule has 0 bridgehead atoms. The van der Waals surface area contributed by atoms with E-state index < -0.39 is 0 Å². The zero-order chi connectivity index (χ0) is 21.1. The molecular weight excluding hydrogens is 448 g/mol. The van der Waals surface area contributed by atoms with Gasteiger partial charge in [-0.25, -0.2) is 14.3 Å². The van der Waals surface area contributed by atoms with Crippen molar-refractivity contribution in [2.24, 2.45) is 0 Å². The first-order valence-corrected chi connectivity index (χ1v) is 9.97. The normalized spacial score (nSPS) is 10.8. The summed E-state index contributed by atoms with van der Waals surface area (Å²) < 4.78 is 9.68. The van der Waals surface area contributed by atoms with E-state index in [0.717, 1.165) is 21.3 Å². The van der Waals surface area contributed by atoms with E-state index >= 15 is 0 Å². The second-order valence-corrected chi connectivity index (χ2v) is 7.58. The third kappa shape index (κ3) is 4.41. The highest BCUT2D eigenvalue weighted by Gasteiger charge is 2.14. The van der Waals surface area contributed by atoms with Crippen LogP contribution in [0, 0.1) is 6.92 Å². The van der Waals surface area contributed by atoms with Gasteiger partial charge in [-0.3, -0.25) is 10.1 Å². The smallest absolute Gasteiger partial charge is 0.278 e. The maximum Gasteiger partial charge on any atom is 0.278 e. The van der Waals surface area contributed by atoms with E-state index in [1.54, 1.807) is 35.1 Å². The van der Waals surface area contributed by atoms with Gasteiger partial charge in [-0.2, -0.15) is 5.10 Å². The number of nitrogens with zero attached hydrogens (tertiary/aromatic N) is 5. The number of ether oxygens (including phenoxy) is 1. The van der Waals surface area contributed by atoms with Gasteiger partial charge < -0.3 is 4.74 Å². The molecule has 4 aromatic rings. The Hall–Kier alpha value is -3.46. The topological polar surface area (TPSA) is 86.9 Å². The molecule has 152 valence electrons. The number of nitrogens with one attached hydrogen (secondary N) is 1. The summed E-state index contributed by atoms with van der Waals surface area (Å²) >= 11 is 3.42. The molecule has 0 spiro atoms. The van der Waals surface area contributed by atoms with Crippen molar-refractivity contribution in [3.63, 3.8) is 0 Å². The van der Waals surface area contributed by atoms with Gasteiger partial charge in [-0.1, -0.05) is 34.1 Å². The summed E-state index contributed by atoms with van der Waals surface area (Å²) in [6.45, 7) is 2.54. The molecule has 9 heteroatoms. The highest BCUT2D eigenvalue weighted by atomic mass is 79.9. The molecule has 2 aromatic heterocycles. The maximum atomic E-state index is 12.6. The van der Waals surface area contributed by atoms with Crippen molar-refractivity contribution < 1.29 is 9.53 Å². The first kappa shape index (κ1) is 19.8. The minimum atomic E-state index is -0.387. The third-order valence-corrected chi connectivity index (χ3v) is 4.95. The summed E-state index contributed by atoms with van der Waals surface area (Å²) in [6.07, 6.45) is 3.29. The van der Waals surface area contributed by atoms with Gasteiger partial charge >= 0.3 is 0 Å². The van der Waals surface area contributed by atoms with Crippen LogP contribution in [-0.4, -0.2) is 37.6 Å². The maximum absolute atomic E-state index is 12.6. The van der Waals surface area contributed by atoms with Crippen molar-refractivity contribution in [3.8, 4) is 11.4 Å². The average Bonchev–Trinajstić information content (AvgIpc) is 3.39. The monoisotopic (exact) mass is 466 g/mol. The summed E-state index contributed by atoms with van der Waals surface area (Å²) in [6, 6.07) is 15.3. The first-order valence-electron chi connectivity index (χ1n) is 9.18. The number of rotatable bonds is 6. The predicted molar refractivity (Wildman–Crippen MR) is 116 cm³/mol. The number of amides is 1. The second kappa shape index (κ2) is 8.50. The molecular formula is C21H19BrN6O2. The van der Waals surface area contributed by atoms with Gasteiger partial charge in [0.05, 0.1) is 13.7 Å². The van der Waals surface area contributed by atoms with Gasteiger partial charge in [0.1, 0.15) is 17.8 Å². The predicted octanol–water partition coefficient (Wildman–Crippen LogP) is 3.84. The lowest BCUT2D eigenvalue weighted by Crippen LogP contribution is -2.14. The van der Waals surface area contributed by atoms with Crippen LogP contribution >= 0.6 is 15.9 Å². The molecule has 0 aliphatic carbocycles. The molecule has 0 saturated carbocycles. The molecule has 0 saturated heterocycles. The van der Waals surface area contributed by atoms with Crippen molar-refractivity contribution >= 4 is 27.8 Å². The Morgan fingerprint density at radius 3 is 2.70 bits per heavy atom. The lowest BCUT2D eigenvalue weighted by molar-refractivity contribution is 0.102. The Morgan fingerprint density at radius 1 is 1.13 bits per heavy atom. The Balaban J connectivity index is 1.46. The first-order chi connectivity index (χ1) is 14.5. The molecule has 8 nitrogen and oxygen atoms in total. The van der Waals surface area contributed by atoms with Gasteiger partial charge in [0.25, 0.3) is 5.91 Å². The molecule has 4 rings (SSSR count). The van der Waals surface area contributed by atoms with E-state index in [4.69, 9.17) is 4.74 Å². The van der Waals surface area contributed by atoms with Crippen LogP contribution in [0.15, 0.2) is 65.5 Å². The molecule has 0 aliphatic rings. The molecule has 2 heterocycles. The van der Waals surface area contributed by atoms with Gasteiger partial charge in [-0.05, 0) is 48.4 Å². The zero-order valence-corrected chi connectivity index (χ0v) is 18.0. The number of carbonyl (C=O) groups is 1. The molecule has 1 amide bonds. The van der Waals surface area contributed by atoms with Crippen LogP contribution in [-0.2, 0) is 6.54 Å². The largest absolute Gasteiger partial charge is 0.494 e. The van der Waals surface area contributed by atoms with Crippen LogP contribution < -0.4 is 10.1 Å². The highest BCUT2D eigenvalue weighted by molar-refractivity contribution is 9.10. The molecule has 0 atom stereocenters. The number of aryl methyl sites for hydroxylation is 1. The SMILES string of the molecule is COc1ccc(C)cc1-n1ccc(C(=O)Nc2ncn(Cc3ccc(Br)cc3)n2)n1. The van der Waals surface area contributed by atoms with Crippen LogP contribution in [0.3, 0.4) is 0 Å². The summed E-state index contributed by atoms with van der Waals surface area (Å²) in [5, 5.41) is 11.4. The van der Waals surface area contributed by atoms with Crippen molar-refractivity contribution in [2.45, 2.75) is 13.5 Å². The Labute approximate surface area is 181 Å². The van der Waals surface area contributed by atoms with E-state index in [1.165, 1.54) is 0 Å². The zero-order valence-electron chi connectivity index (χ0n) is 16.4. The number of hydrogen-bond donors (Lipinski definition) is 1. The molecule has 1 N–H and O–H groups in total. The summed E-state index contributed by atoms with van der Waals surface area (Å²) in [4.78, 5) is 16.7. The molecule has 0 aliphatic heterocycles. The molecule has 2 aromatic carbocycles. The lowest BCUT2D eigenvalue weighted by Gasteiger charge is -2.09. The number of aromatic nitrogens is 5. The summed E-state index contributed by atoms with van der Waals surface area (Å²) in [5.74, 6) is 0.505. The van der Waals surface area contributed by atoms with Crippen molar-refractivity contribution in [1.29, 1.82) is 0 Å². The van der Waals surface area contributed by atoms with Gasteiger partial charge in [0.15, 0.2) is 5.69 Å². The van der Waals surface area contributed by atoms with Crippen molar-refractivity contribution in [3.05, 3.63) is 82.3 Å². The molecule has 30 heavy (non-hydrogen) atoms. The van der Waals surface area contributed by atoms with Crippen LogP contribution in [0.25, 0.3) is 5.69 Å². The fourth-order valence-corrected chi connectivity index (χ4v) is 3.19. The summed E-state index contributed by atoms with van der Waals surface area (Å²) in [5.41, 5.74) is 3.15. The Morgan fingerprint density at radius 2 is 1.93 bits per heavy atom. The number of halogens is 1. The highest BCUT2D eigenvalue weighted by Crippen LogP contribution is 2.23. The van der Waals surface area contributed by atoms with Gasteiger partial charge in [-0.15, -0.1) is 5.10 Å². The fourth-order valence-electron chi connectivity index (χ4n) is 2.93. The number of methoxy groups -OCH3 is 1. The van der Waals surface area contributed by atoms with E-state index in [1.807, 2.05) is 49.4 Å². The van der Waals surface area contributed by atoms with Crippen LogP contribution in [0.1, 0.15) is 21.6 Å². The Bertz CT molecular complexity index is 1180. The average molecular weight is 467 g/mol. The second-order valence-electron chi connectivity index (χ2n) is 6.67. The number of carbonyl (C=O) groups excluding carboxylic acids is 1. The van der Waals surface area contributed by atoms with Crippen LogP contribution in [0.4, 0.5) is 5.95 Å². The summed E-state index contributed by atoms with van der Waals surface area (Å²) in [7, 11) is 1.60. The van der Waals surface area contributed by atoms with E-state index in [-0.39, 0.29) is 17.5 Å². The minimum absolute atomic E-state index is 0.222. The minimum Gasteiger partial charge on any atom is -0.494 e.